The van der Waals surface area contributed by atoms with Crippen molar-refractivity contribution in [2.24, 2.45) is 0 Å². The van der Waals surface area contributed by atoms with Crippen molar-refractivity contribution >= 4 is 11.0 Å². The lowest BCUT2D eigenvalue weighted by molar-refractivity contribution is 0.300. The van der Waals surface area contributed by atoms with Gasteiger partial charge in [0.2, 0.25) is 5.88 Å². The van der Waals surface area contributed by atoms with Gasteiger partial charge in [0, 0.05) is 6.54 Å². The van der Waals surface area contributed by atoms with E-state index in [1.54, 1.807) is 0 Å². The summed E-state index contributed by atoms with van der Waals surface area (Å²) in [6, 6.07) is 7.83. The number of fused-ring (bicyclic) bond motifs is 1. The lowest BCUT2D eigenvalue weighted by Gasteiger charge is -2.09. The maximum absolute atomic E-state index is 5.66. The molecule has 0 unspecified atom stereocenters. The highest BCUT2D eigenvalue weighted by Gasteiger charge is 2.05. The van der Waals surface area contributed by atoms with E-state index in [0.717, 1.165) is 36.2 Å². The summed E-state index contributed by atoms with van der Waals surface area (Å²) < 4.78 is 5.66. The normalized spacial score (nSPS) is 10.8. The molecule has 0 saturated heterocycles. The summed E-state index contributed by atoms with van der Waals surface area (Å²) in [6.45, 7) is 6.54. The second kappa shape index (κ2) is 6.31. The molecule has 1 N–H and O–H groups in total. The Morgan fingerprint density at radius 2 is 1.83 bits per heavy atom. The molecule has 1 aromatic heterocycles. The van der Waals surface area contributed by atoms with Gasteiger partial charge < -0.3 is 10.1 Å². The fourth-order valence-corrected chi connectivity index (χ4v) is 1.73. The fourth-order valence-electron chi connectivity index (χ4n) is 1.73. The average molecular weight is 245 g/mol. The third-order valence-electron chi connectivity index (χ3n) is 2.65. The van der Waals surface area contributed by atoms with Crippen LogP contribution in [0.4, 0.5) is 0 Å². The molecule has 0 fully saturated rings. The third-order valence-corrected chi connectivity index (χ3v) is 2.65. The van der Waals surface area contributed by atoms with E-state index in [2.05, 4.69) is 22.2 Å². The van der Waals surface area contributed by atoms with Gasteiger partial charge in [-0.15, -0.1) is 0 Å². The molecular weight excluding hydrogens is 226 g/mol. The first-order valence-corrected chi connectivity index (χ1v) is 6.38. The number of benzene rings is 1. The Labute approximate surface area is 107 Å². The zero-order valence-corrected chi connectivity index (χ0v) is 10.9. The molecule has 0 radical (unpaired) electrons. The number of aromatic nitrogens is 2. The zero-order chi connectivity index (χ0) is 12.8. The standard InChI is InChI=1S/C14H19N3O/c1-3-8-15-9-10-18-14-11(2)16-12-6-4-5-7-13(12)17-14/h4-7,15H,3,8-10H2,1-2H3. The van der Waals surface area contributed by atoms with Crippen LogP contribution in [0, 0.1) is 6.92 Å². The van der Waals surface area contributed by atoms with Crippen LogP contribution in [0.15, 0.2) is 24.3 Å². The minimum atomic E-state index is 0.619. The Morgan fingerprint density at radius 1 is 1.11 bits per heavy atom. The molecule has 0 atom stereocenters. The molecule has 96 valence electrons. The van der Waals surface area contributed by atoms with Crippen LogP contribution in [0.2, 0.25) is 0 Å². The molecule has 0 aliphatic rings. The molecule has 0 amide bonds. The van der Waals surface area contributed by atoms with Gasteiger partial charge in [-0.1, -0.05) is 19.1 Å². The largest absolute Gasteiger partial charge is 0.475 e. The van der Waals surface area contributed by atoms with Crippen LogP contribution in [0.3, 0.4) is 0 Å². The number of nitrogens with one attached hydrogen (secondary N) is 1. The maximum Gasteiger partial charge on any atom is 0.235 e. The average Bonchev–Trinajstić information content (AvgIpc) is 2.39. The SMILES string of the molecule is CCCNCCOc1nc2ccccc2nc1C. The van der Waals surface area contributed by atoms with E-state index in [0.29, 0.717) is 12.5 Å². The van der Waals surface area contributed by atoms with Crippen molar-refractivity contribution < 1.29 is 4.74 Å². The van der Waals surface area contributed by atoms with Crippen LogP contribution in [0.5, 0.6) is 5.88 Å². The van der Waals surface area contributed by atoms with E-state index >= 15 is 0 Å². The van der Waals surface area contributed by atoms with Crippen LogP contribution in [-0.4, -0.2) is 29.7 Å². The molecule has 4 nitrogen and oxygen atoms in total. The third kappa shape index (κ3) is 3.17. The van der Waals surface area contributed by atoms with Crippen LogP contribution in [0.1, 0.15) is 19.0 Å². The van der Waals surface area contributed by atoms with Crippen LogP contribution < -0.4 is 10.1 Å². The molecule has 0 spiro atoms. The van der Waals surface area contributed by atoms with E-state index in [1.165, 1.54) is 0 Å². The van der Waals surface area contributed by atoms with E-state index < -0.39 is 0 Å². The minimum absolute atomic E-state index is 0.619. The van der Waals surface area contributed by atoms with Gasteiger partial charge in [-0.2, -0.15) is 0 Å². The van der Waals surface area contributed by atoms with E-state index in [1.807, 2.05) is 31.2 Å². The summed E-state index contributed by atoms with van der Waals surface area (Å²) in [7, 11) is 0. The lowest BCUT2D eigenvalue weighted by Crippen LogP contribution is -2.22. The quantitative estimate of drug-likeness (QED) is 0.793. The minimum Gasteiger partial charge on any atom is -0.475 e. The van der Waals surface area contributed by atoms with Crippen molar-refractivity contribution in [1.29, 1.82) is 0 Å². The van der Waals surface area contributed by atoms with Crippen LogP contribution in [-0.2, 0) is 0 Å². The summed E-state index contributed by atoms with van der Waals surface area (Å²) >= 11 is 0. The van der Waals surface area contributed by atoms with E-state index in [9.17, 15) is 0 Å². The molecule has 0 aliphatic heterocycles. The molecule has 0 aliphatic carbocycles. The Hall–Kier alpha value is -1.68. The van der Waals surface area contributed by atoms with Gasteiger partial charge in [0.05, 0.1) is 11.0 Å². The first-order valence-electron chi connectivity index (χ1n) is 6.38. The number of aryl methyl sites for hydroxylation is 1. The second-order valence-electron chi connectivity index (χ2n) is 4.20. The van der Waals surface area contributed by atoms with Crippen LogP contribution >= 0.6 is 0 Å². The Balaban J connectivity index is 2.01. The van der Waals surface area contributed by atoms with Gasteiger partial charge in [-0.3, -0.25) is 0 Å². The number of nitrogens with zero attached hydrogens (tertiary/aromatic N) is 2. The molecule has 18 heavy (non-hydrogen) atoms. The number of hydrogen-bond donors (Lipinski definition) is 1. The predicted octanol–water partition coefficient (Wildman–Crippen LogP) is 2.32. The van der Waals surface area contributed by atoms with Crippen molar-refractivity contribution in [2.75, 3.05) is 19.7 Å². The zero-order valence-electron chi connectivity index (χ0n) is 10.9. The van der Waals surface area contributed by atoms with E-state index in [-0.39, 0.29) is 0 Å². The van der Waals surface area contributed by atoms with Crippen molar-refractivity contribution in [2.45, 2.75) is 20.3 Å². The number of rotatable bonds is 6. The Bertz CT molecular complexity index is 513. The summed E-state index contributed by atoms with van der Waals surface area (Å²) in [6.07, 6.45) is 1.13. The molecule has 4 heteroatoms. The van der Waals surface area contributed by atoms with Gasteiger partial charge >= 0.3 is 0 Å². The smallest absolute Gasteiger partial charge is 0.235 e. The van der Waals surface area contributed by atoms with Gasteiger partial charge in [0.25, 0.3) is 0 Å². The number of ether oxygens (including phenoxy) is 1. The molecule has 2 aromatic rings. The highest BCUT2D eigenvalue weighted by Crippen LogP contribution is 2.17. The Kier molecular flexibility index (Phi) is 4.47. The highest BCUT2D eigenvalue weighted by atomic mass is 16.5. The molecule has 0 bridgehead atoms. The topological polar surface area (TPSA) is 47.0 Å². The predicted molar refractivity (Wildman–Crippen MR) is 72.9 cm³/mol. The van der Waals surface area contributed by atoms with Gasteiger partial charge in [-0.25, -0.2) is 9.97 Å². The molecule has 0 saturated carbocycles. The summed E-state index contributed by atoms with van der Waals surface area (Å²) in [5.41, 5.74) is 2.62. The molecule has 2 rings (SSSR count). The lowest BCUT2D eigenvalue weighted by atomic mass is 10.3. The van der Waals surface area contributed by atoms with Crippen molar-refractivity contribution in [3.8, 4) is 5.88 Å². The molecule has 1 aromatic carbocycles. The van der Waals surface area contributed by atoms with Gasteiger partial charge in [0.15, 0.2) is 0 Å². The monoisotopic (exact) mass is 245 g/mol. The van der Waals surface area contributed by atoms with Gasteiger partial charge in [0.1, 0.15) is 12.3 Å². The Morgan fingerprint density at radius 3 is 2.56 bits per heavy atom. The van der Waals surface area contributed by atoms with Crippen molar-refractivity contribution in [3.63, 3.8) is 0 Å². The summed E-state index contributed by atoms with van der Waals surface area (Å²) in [4.78, 5) is 8.96. The summed E-state index contributed by atoms with van der Waals surface area (Å²) in [5, 5.41) is 3.29. The van der Waals surface area contributed by atoms with Crippen molar-refractivity contribution in [1.82, 2.24) is 15.3 Å². The first-order chi connectivity index (χ1) is 8.81. The molecular formula is C14H19N3O. The molecule has 1 heterocycles. The highest BCUT2D eigenvalue weighted by molar-refractivity contribution is 5.74. The number of hydrogen-bond acceptors (Lipinski definition) is 4. The number of para-hydroxylation sites is 2. The van der Waals surface area contributed by atoms with Crippen molar-refractivity contribution in [3.05, 3.63) is 30.0 Å². The maximum atomic E-state index is 5.66. The van der Waals surface area contributed by atoms with E-state index in [4.69, 9.17) is 4.74 Å². The van der Waals surface area contributed by atoms with Gasteiger partial charge in [-0.05, 0) is 32.0 Å². The fraction of sp³-hybridized carbons (Fsp3) is 0.429. The summed E-state index contributed by atoms with van der Waals surface area (Å²) in [5.74, 6) is 0.631. The second-order valence-corrected chi connectivity index (χ2v) is 4.20. The van der Waals surface area contributed by atoms with Crippen LogP contribution in [0.25, 0.3) is 11.0 Å². The first kappa shape index (κ1) is 12.8.